The number of methoxy groups -OCH3 is 1. The number of carbonyl (C=O) groups is 1. The molecule has 3 rings (SSSR count). The third kappa shape index (κ3) is 3.04. The molecule has 122 valence electrons. The van der Waals surface area contributed by atoms with Gasteiger partial charge in [-0.3, -0.25) is 0 Å². The fourth-order valence-electron chi connectivity index (χ4n) is 2.78. The summed E-state index contributed by atoms with van der Waals surface area (Å²) in [5.74, 6) is 0.340. The van der Waals surface area contributed by atoms with Crippen LogP contribution >= 0.6 is 0 Å². The summed E-state index contributed by atoms with van der Waals surface area (Å²) in [7, 11) is 1.63. The van der Waals surface area contributed by atoms with Crippen molar-refractivity contribution in [3.63, 3.8) is 0 Å². The van der Waals surface area contributed by atoms with Gasteiger partial charge in [-0.25, -0.2) is 4.79 Å². The lowest BCUT2D eigenvalue weighted by atomic mass is 9.94. The van der Waals surface area contributed by atoms with Crippen molar-refractivity contribution >= 4 is 22.4 Å². The van der Waals surface area contributed by atoms with Crippen molar-refractivity contribution in [3.05, 3.63) is 71.9 Å². The summed E-state index contributed by atoms with van der Waals surface area (Å²) in [6, 6.07) is 15.6. The molecule has 1 N–H and O–H groups in total. The van der Waals surface area contributed by atoms with E-state index in [0.717, 1.165) is 27.6 Å². The van der Waals surface area contributed by atoms with Crippen LogP contribution in [0.15, 0.2) is 60.8 Å². The second-order valence-electron chi connectivity index (χ2n) is 5.26. The third-order valence-electron chi connectivity index (χ3n) is 3.82. The Morgan fingerprint density at radius 3 is 2.62 bits per heavy atom. The van der Waals surface area contributed by atoms with Crippen LogP contribution in [0.4, 0.5) is 0 Å². The Morgan fingerprint density at radius 1 is 1.12 bits per heavy atom. The van der Waals surface area contributed by atoms with Crippen LogP contribution in [0.3, 0.4) is 0 Å². The molecular weight excluding hydrogens is 302 g/mol. The number of hydrogen-bond acceptors (Lipinski definition) is 3. The van der Waals surface area contributed by atoms with Gasteiger partial charge in [0.15, 0.2) is 0 Å². The van der Waals surface area contributed by atoms with Gasteiger partial charge in [0.1, 0.15) is 5.75 Å². The summed E-state index contributed by atoms with van der Waals surface area (Å²) in [5.41, 5.74) is 3.56. The molecule has 0 unspecified atom stereocenters. The van der Waals surface area contributed by atoms with Crippen LogP contribution in [0.25, 0.3) is 16.5 Å². The molecule has 0 fully saturated rings. The van der Waals surface area contributed by atoms with E-state index in [2.05, 4.69) is 4.98 Å². The van der Waals surface area contributed by atoms with Gasteiger partial charge in [-0.15, -0.1) is 0 Å². The summed E-state index contributed by atoms with van der Waals surface area (Å²) >= 11 is 0. The largest absolute Gasteiger partial charge is 0.496 e. The molecule has 0 bridgehead atoms. The summed E-state index contributed by atoms with van der Waals surface area (Å²) in [5, 5.41) is 0.994. The summed E-state index contributed by atoms with van der Waals surface area (Å²) in [6.07, 6.45) is 3.41. The van der Waals surface area contributed by atoms with Crippen molar-refractivity contribution in [2.75, 3.05) is 13.7 Å². The Hall–Kier alpha value is -3.01. The molecule has 0 amide bonds. The van der Waals surface area contributed by atoms with Crippen LogP contribution in [0.2, 0.25) is 0 Å². The summed E-state index contributed by atoms with van der Waals surface area (Å²) < 4.78 is 10.7. The predicted octanol–water partition coefficient (Wildman–Crippen LogP) is 4.17. The molecule has 3 aromatic rings. The summed E-state index contributed by atoms with van der Waals surface area (Å²) in [4.78, 5) is 15.3. The molecule has 0 saturated carbocycles. The molecule has 0 saturated heterocycles. The first-order valence-electron chi connectivity index (χ1n) is 7.83. The van der Waals surface area contributed by atoms with Gasteiger partial charge in [-0.2, -0.15) is 0 Å². The van der Waals surface area contributed by atoms with Crippen molar-refractivity contribution in [2.24, 2.45) is 0 Å². The molecule has 0 atom stereocenters. The number of benzene rings is 2. The molecule has 4 nitrogen and oxygen atoms in total. The lowest BCUT2D eigenvalue weighted by molar-refractivity contribution is -0.137. The van der Waals surface area contributed by atoms with E-state index in [1.807, 2.05) is 54.7 Å². The first-order chi connectivity index (χ1) is 11.7. The number of esters is 1. The average molecular weight is 321 g/mol. The van der Waals surface area contributed by atoms with Crippen molar-refractivity contribution < 1.29 is 14.3 Å². The first kappa shape index (κ1) is 15.9. The number of H-pyrrole nitrogens is 1. The Labute approximate surface area is 140 Å². The van der Waals surface area contributed by atoms with Crippen molar-refractivity contribution in [3.8, 4) is 5.75 Å². The van der Waals surface area contributed by atoms with E-state index in [1.165, 1.54) is 6.08 Å². The maximum absolute atomic E-state index is 12.1. The topological polar surface area (TPSA) is 51.3 Å². The molecule has 24 heavy (non-hydrogen) atoms. The third-order valence-corrected chi connectivity index (χ3v) is 3.82. The van der Waals surface area contributed by atoms with Gasteiger partial charge in [0, 0.05) is 34.3 Å². The van der Waals surface area contributed by atoms with Gasteiger partial charge in [-0.1, -0.05) is 30.3 Å². The monoisotopic (exact) mass is 321 g/mol. The minimum atomic E-state index is -0.369. The van der Waals surface area contributed by atoms with E-state index in [-0.39, 0.29) is 5.97 Å². The standard InChI is InChI=1S/C20H19NO3/c1-3-24-19(22)13-16(14-7-5-4-6-8-14)20-15-11-12-21-17(15)9-10-18(20)23-2/h4-13,21H,3H2,1-2H3/b16-13+. The Balaban J connectivity index is 2.27. The molecule has 1 aromatic heterocycles. The highest BCUT2D eigenvalue weighted by Gasteiger charge is 2.17. The molecule has 4 heteroatoms. The Morgan fingerprint density at radius 2 is 1.92 bits per heavy atom. The molecule has 0 radical (unpaired) electrons. The SMILES string of the molecule is CCOC(=O)/C=C(\c1ccccc1)c1c(OC)ccc2[nH]ccc12. The molecule has 0 aliphatic rings. The van der Waals surface area contributed by atoms with Crippen LogP contribution in [-0.4, -0.2) is 24.7 Å². The quantitative estimate of drug-likeness (QED) is 0.567. The number of carbonyl (C=O) groups excluding carboxylic acids is 1. The van der Waals surface area contributed by atoms with Crippen LogP contribution < -0.4 is 4.74 Å². The fraction of sp³-hybridized carbons (Fsp3) is 0.150. The number of ether oxygens (including phenoxy) is 2. The van der Waals surface area contributed by atoms with E-state index in [1.54, 1.807) is 14.0 Å². The van der Waals surface area contributed by atoms with Gasteiger partial charge in [0.05, 0.1) is 13.7 Å². The maximum atomic E-state index is 12.1. The molecule has 0 aliphatic heterocycles. The van der Waals surface area contributed by atoms with E-state index >= 15 is 0 Å². The van der Waals surface area contributed by atoms with Gasteiger partial charge >= 0.3 is 5.97 Å². The number of aromatic amines is 1. The fourth-order valence-corrected chi connectivity index (χ4v) is 2.78. The van der Waals surface area contributed by atoms with E-state index in [4.69, 9.17) is 9.47 Å². The van der Waals surface area contributed by atoms with E-state index < -0.39 is 0 Å². The normalized spacial score (nSPS) is 11.5. The molecule has 2 aromatic carbocycles. The average Bonchev–Trinajstić information content (AvgIpc) is 3.08. The molecular formula is C20H19NO3. The summed E-state index contributed by atoms with van der Waals surface area (Å²) in [6.45, 7) is 2.13. The number of nitrogens with one attached hydrogen (secondary N) is 1. The zero-order valence-corrected chi connectivity index (χ0v) is 13.7. The van der Waals surface area contributed by atoms with Crippen LogP contribution in [0.5, 0.6) is 5.75 Å². The molecule has 0 aliphatic carbocycles. The van der Waals surface area contributed by atoms with Crippen LogP contribution in [0, 0.1) is 0 Å². The number of fused-ring (bicyclic) bond motifs is 1. The van der Waals surface area contributed by atoms with Crippen LogP contribution in [-0.2, 0) is 9.53 Å². The number of aromatic nitrogens is 1. The van der Waals surface area contributed by atoms with Crippen molar-refractivity contribution in [1.29, 1.82) is 0 Å². The Bertz CT molecular complexity index is 878. The Kier molecular flexibility index (Phi) is 4.66. The number of rotatable bonds is 5. The second kappa shape index (κ2) is 7.04. The molecule has 0 spiro atoms. The lowest BCUT2D eigenvalue weighted by Gasteiger charge is -2.14. The second-order valence-corrected chi connectivity index (χ2v) is 5.26. The molecule has 1 heterocycles. The maximum Gasteiger partial charge on any atom is 0.331 e. The van der Waals surface area contributed by atoms with Gasteiger partial charge < -0.3 is 14.5 Å². The zero-order valence-electron chi connectivity index (χ0n) is 13.7. The van der Waals surface area contributed by atoms with Crippen LogP contribution in [0.1, 0.15) is 18.1 Å². The van der Waals surface area contributed by atoms with E-state index in [9.17, 15) is 4.79 Å². The highest BCUT2D eigenvalue weighted by Crippen LogP contribution is 2.36. The lowest BCUT2D eigenvalue weighted by Crippen LogP contribution is -2.03. The highest BCUT2D eigenvalue weighted by atomic mass is 16.5. The van der Waals surface area contributed by atoms with Gasteiger partial charge in [0.25, 0.3) is 0 Å². The van der Waals surface area contributed by atoms with Gasteiger partial charge in [0.2, 0.25) is 0 Å². The van der Waals surface area contributed by atoms with Crippen molar-refractivity contribution in [2.45, 2.75) is 6.92 Å². The van der Waals surface area contributed by atoms with Gasteiger partial charge in [-0.05, 0) is 30.7 Å². The predicted molar refractivity (Wildman–Crippen MR) is 95.0 cm³/mol. The van der Waals surface area contributed by atoms with E-state index in [0.29, 0.717) is 12.4 Å². The minimum absolute atomic E-state index is 0.336. The number of hydrogen-bond donors (Lipinski definition) is 1. The smallest absolute Gasteiger partial charge is 0.331 e. The van der Waals surface area contributed by atoms with Crippen molar-refractivity contribution in [1.82, 2.24) is 4.98 Å². The zero-order chi connectivity index (χ0) is 16.9. The first-order valence-corrected chi connectivity index (χ1v) is 7.83. The highest BCUT2D eigenvalue weighted by molar-refractivity contribution is 6.04. The minimum Gasteiger partial charge on any atom is -0.496 e.